The van der Waals surface area contributed by atoms with Crippen molar-refractivity contribution in [2.24, 2.45) is 5.10 Å². The predicted molar refractivity (Wildman–Crippen MR) is 85.5 cm³/mol. The van der Waals surface area contributed by atoms with Gasteiger partial charge in [-0.1, -0.05) is 40.9 Å². The number of nitrogens with one attached hydrogen (secondary N) is 1. The molecule has 0 aliphatic heterocycles. The molecule has 104 valence electrons. The Balaban J connectivity index is 2.16. The Morgan fingerprint density at radius 3 is 2.55 bits per heavy atom. The maximum atomic E-state index is 9.77. The number of hydrazone groups is 1. The van der Waals surface area contributed by atoms with Crippen molar-refractivity contribution < 1.29 is 5.11 Å². The monoisotopic (exact) mass is 328 g/mol. The van der Waals surface area contributed by atoms with E-state index in [1.54, 1.807) is 12.1 Å². The first kappa shape index (κ1) is 15.0. The summed E-state index contributed by atoms with van der Waals surface area (Å²) < 4.78 is 0. The fourth-order valence-corrected chi connectivity index (χ4v) is 2.21. The number of phenolic OH excluding ortho intramolecular Hbond substituents is 1. The summed E-state index contributed by atoms with van der Waals surface area (Å²) in [6, 6.07) is 8.52. The molecule has 0 aliphatic carbocycles. The summed E-state index contributed by atoms with van der Waals surface area (Å²) in [6.45, 7) is 1.92. The standard InChI is InChI=1S/C14H11Cl3N2O/c1-8-2-3-11(6-12(8)16)19-18-7-9-4-10(15)5-13(17)14(9)20/h2-7,19-20H,1H3/b18-7+. The molecule has 0 unspecified atom stereocenters. The van der Waals surface area contributed by atoms with Gasteiger partial charge in [0.1, 0.15) is 5.75 Å². The van der Waals surface area contributed by atoms with E-state index < -0.39 is 0 Å². The maximum absolute atomic E-state index is 9.77. The molecule has 0 fully saturated rings. The zero-order valence-corrected chi connectivity index (χ0v) is 12.8. The van der Waals surface area contributed by atoms with Crippen LogP contribution in [-0.2, 0) is 0 Å². The lowest BCUT2D eigenvalue weighted by Gasteiger charge is -2.04. The van der Waals surface area contributed by atoms with Gasteiger partial charge in [0.05, 0.1) is 16.9 Å². The van der Waals surface area contributed by atoms with Crippen LogP contribution in [0.15, 0.2) is 35.4 Å². The van der Waals surface area contributed by atoms with E-state index in [9.17, 15) is 5.11 Å². The Morgan fingerprint density at radius 1 is 1.10 bits per heavy atom. The topological polar surface area (TPSA) is 44.6 Å². The van der Waals surface area contributed by atoms with Gasteiger partial charge in [-0.3, -0.25) is 5.43 Å². The normalized spacial score (nSPS) is 11.0. The van der Waals surface area contributed by atoms with Crippen LogP contribution in [0.5, 0.6) is 5.75 Å². The fourth-order valence-electron chi connectivity index (χ4n) is 1.52. The highest BCUT2D eigenvalue weighted by molar-refractivity contribution is 6.36. The van der Waals surface area contributed by atoms with Crippen molar-refractivity contribution in [3.05, 3.63) is 56.5 Å². The molecule has 0 aliphatic rings. The molecule has 2 N–H and O–H groups in total. The number of benzene rings is 2. The van der Waals surface area contributed by atoms with Crippen LogP contribution in [0.2, 0.25) is 15.1 Å². The minimum atomic E-state index is -0.0662. The van der Waals surface area contributed by atoms with E-state index in [0.29, 0.717) is 15.6 Å². The first-order valence-corrected chi connectivity index (χ1v) is 6.84. The van der Waals surface area contributed by atoms with E-state index in [-0.39, 0.29) is 10.8 Å². The molecule has 2 rings (SSSR count). The first-order valence-electron chi connectivity index (χ1n) is 5.70. The minimum absolute atomic E-state index is 0.0662. The van der Waals surface area contributed by atoms with Gasteiger partial charge in [0, 0.05) is 15.6 Å². The zero-order chi connectivity index (χ0) is 14.7. The second-order valence-corrected chi connectivity index (χ2v) is 5.41. The summed E-state index contributed by atoms with van der Waals surface area (Å²) in [5, 5.41) is 15.0. The van der Waals surface area contributed by atoms with Gasteiger partial charge in [0.15, 0.2) is 0 Å². The summed E-state index contributed by atoms with van der Waals surface area (Å²) in [6.07, 6.45) is 1.43. The quantitative estimate of drug-likeness (QED) is 0.607. The predicted octanol–water partition coefficient (Wildman–Crippen LogP) is 5.11. The van der Waals surface area contributed by atoms with E-state index in [1.807, 2.05) is 19.1 Å². The van der Waals surface area contributed by atoms with Gasteiger partial charge >= 0.3 is 0 Å². The molecule has 0 saturated heterocycles. The van der Waals surface area contributed by atoms with Crippen LogP contribution in [0.1, 0.15) is 11.1 Å². The third-order valence-electron chi connectivity index (χ3n) is 2.63. The van der Waals surface area contributed by atoms with Crippen LogP contribution < -0.4 is 5.43 Å². The number of halogens is 3. The molecule has 0 aromatic heterocycles. The molecular weight excluding hydrogens is 319 g/mol. The van der Waals surface area contributed by atoms with Crippen molar-refractivity contribution in [3.63, 3.8) is 0 Å². The molecule has 2 aromatic carbocycles. The van der Waals surface area contributed by atoms with Gasteiger partial charge in [-0.25, -0.2) is 0 Å². The summed E-state index contributed by atoms with van der Waals surface area (Å²) in [4.78, 5) is 0. The largest absolute Gasteiger partial charge is 0.506 e. The van der Waals surface area contributed by atoms with Crippen LogP contribution in [0.4, 0.5) is 5.69 Å². The van der Waals surface area contributed by atoms with Crippen LogP contribution in [-0.4, -0.2) is 11.3 Å². The lowest BCUT2D eigenvalue weighted by atomic mass is 10.2. The van der Waals surface area contributed by atoms with Crippen LogP contribution in [0.25, 0.3) is 0 Å². The van der Waals surface area contributed by atoms with Crippen molar-refractivity contribution in [3.8, 4) is 5.75 Å². The molecule has 3 nitrogen and oxygen atoms in total. The Morgan fingerprint density at radius 2 is 1.85 bits per heavy atom. The number of anilines is 1. The zero-order valence-electron chi connectivity index (χ0n) is 10.5. The Labute approximate surface area is 131 Å². The number of hydrogen-bond acceptors (Lipinski definition) is 3. The highest BCUT2D eigenvalue weighted by atomic mass is 35.5. The van der Waals surface area contributed by atoms with E-state index >= 15 is 0 Å². The third kappa shape index (κ3) is 3.57. The fraction of sp³-hybridized carbons (Fsp3) is 0.0714. The molecule has 0 saturated carbocycles. The van der Waals surface area contributed by atoms with E-state index in [4.69, 9.17) is 34.8 Å². The molecule has 0 bridgehead atoms. The average Bonchev–Trinajstić information content (AvgIpc) is 2.39. The number of hydrogen-bond donors (Lipinski definition) is 2. The maximum Gasteiger partial charge on any atom is 0.143 e. The summed E-state index contributed by atoms with van der Waals surface area (Å²) in [7, 11) is 0. The minimum Gasteiger partial charge on any atom is -0.506 e. The van der Waals surface area contributed by atoms with Crippen molar-refractivity contribution in [2.75, 3.05) is 5.43 Å². The Kier molecular flexibility index (Phi) is 4.76. The number of nitrogens with zero attached hydrogens (tertiary/aromatic N) is 1. The first-order chi connectivity index (χ1) is 9.47. The molecule has 6 heteroatoms. The van der Waals surface area contributed by atoms with Gasteiger partial charge in [0.25, 0.3) is 0 Å². The van der Waals surface area contributed by atoms with Gasteiger partial charge in [-0.2, -0.15) is 5.10 Å². The SMILES string of the molecule is Cc1ccc(N/N=C/c2cc(Cl)cc(Cl)c2O)cc1Cl. The summed E-state index contributed by atoms with van der Waals surface area (Å²) in [5.74, 6) is -0.0662. The van der Waals surface area contributed by atoms with Crippen LogP contribution >= 0.6 is 34.8 Å². The molecule has 0 amide bonds. The van der Waals surface area contributed by atoms with Crippen molar-refractivity contribution in [1.82, 2.24) is 0 Å². The summed E-state index contributed by atoms with van der Waals surface area (Å²) >= 11 is 17.7. The molecule has 0 radical (unpaired) electrons. The second kappa shape index (κ2) is 6.35. The summed E-state index contributed by atoms with van der Waals surface area (Å²) in [5.41, 5.74) is 4.97. The highest BCUT2D eigenvalue weighted by Crippen LogP contribution is 2.30. The number of aryl methyl sites for hydroxylation is 1. The number of rotatable bonds is 3. The molecule has 2 aromatic rings. The second-order valence-electron chi connectivity index (χ2n) is 4.16. The smallest absolute Gasteiger partial charge is 0.143 e. The number of aromatic hydroxyl groups is 1. The third-order valence-corrected chi connectivity index (χ3v) is 3.54. The van der Waals surface area contributed by atoms with Gasteiger partial charge in [-0.15, -0.1) is 0 Å². The molecule has 0 atom stereocenters. The van der Waals surface area contributed by atoms with E-state index in [1.165, 1.54) is 12.3 Å². The molecule has 20 heavy (non-hydrogen) atoms. The molecule has 0 spiro atoms. The molecular formula is C14H11Cl3N2O. The Hall–Kier alpha value is -1.42. The van der Waals surface area contributed by atoms with Crippen molar-refractivity contribution >= 4 is 46.7 Å². The Bertz CT molecular complexity index is 672. The van der Waals surface area contributed by atoms with E-state index in [0.717, 1.165) is 11.3 Å². The van der Waals surface area contributed by atoms with Crippen LogP contribution in [0, 0.1) is 6.92 Å². The van der Waals surface area contributed by atoms with Crippen LogP contribution in [0.3, 0.4) is 0 Å². The number of phenols is 1. The lowest BCUT2D eigenvalue weighted by molar-refractivity contribution is 0.475. The lowest BCUT2D eigenvalue weighted by Crippen LogP contribution is -1.92. The van der Waals surface area contributed by atoms with Gasteiger partial charge < -0.3 is 5.11 Å². The van der Waals surface area contributed by atoms with Crippen molar-refractivity contribution in [1.29, 1.82) is 0 Å². The van der Waals surface area contributed by atoms with Gasteiger partial charge in [0.2, 0.25) is 0 Å². The van der Waals surface area contributed by atoms with Crippen molar-refractivity contribution in [2.45, 2.75) is 6.92 Å². The molecule has 0 heterocycles. The van der Waals surface area contributed by atoms with Gasteiger partial charge in [-0.05, 0) is 36.8 Å². The average molecular weight is 330 g/mol. The highest BCUT2D eigenvalue weighted by Gasteiger charge is 2.05. The van der Waals surface area contributed by atoms with E-state index in [2.05, 4.69) is 10.5 Å².